The lowest BCUT2D eigenvalue weighted by Gasteiger charge is -2.34. The topological polar surface area (TPSA) is 71.6 Å². The van der Waals surface area contributed by atoms with Crippen LogP contribution in [0.1, 0.15) is 11.1 Å². The standard InChI is InChI=1S/C20H22N4O3S/c1-15-4-2-5-16(12-15)13-22-7-9-23(10-8-22)18(25)14-24-19(21-27-20(24)26)17-6-3-11-28-17/h2-6,11-12H,7-10,13-14H2,1H3. The van der Waals surface area contributed by atoms with Crippen LogP contribution in [0.15, 0.2) is 51.1 Å². The lowest BCUT2D eigenvalue weighted by Crippen LogP contribution is -2.49. The molecule has 0 aliphatic carbocycles. The molecule has 3 aromatic rings. The normalized spacial score (nSPS) is 15.1. The summed E-state index contributed by atoms with van der Waals surface area (Å²) in [6.07, 6.45) is 0. The van der Waals surface area contributed by atoms with Crippen LogP contribution in [0.25, 0.3) is 10.7 Å². The molecule has 3 heterocycles. The second-order valence-electron chi connectivity index (χ2n) is 6.98. The van der Waals surface area contributed by atoms with Crippen LogP contribution >= 0.6 is 11.3 Å². The monoisotopic (exact) mass is 398 g/mol. The zero-order chi connectivity index (χ0) is 19.5. The highest BCUT2D eigenvalue weighted by Gasteiger charge is 2.24. The minimum absolute atomic E-state index is 0.0482. The van der Waals surface area contributed by atoms with Crippen LogP contribution in [0, 0.1) is 6.92 Å². The summed E-state index contributed by atoms with van der Waals surface area (Å²) in [4.78, 5) is 29.7. The van der Waals surface area contributed by atoms with Crippen molar-refractivity contribution in [2.75, 3.05) is 26.2 Å². The van der Waals surface area contributed by atoms with Crippen LogP contribution in [0.2, 0.25) is 0 Å². The van der Waals surface area contributed by atoms with Gasteiger partial charge in [0, 0.05) is 32.7 Å². The Morgan fingerprint density at radius 1 is 1.18 bits per heavy atom. The number of nitrogens with zero attached hydrogens (tertiary/aromatic N) is 4. The maximum atomic E-state index is 12.7. The van der Waals surface area contributed by atoms with Gasteiger partial charge in [-0.05, 0) is 23.9 Å². The Balaban J connectivity index is 1.36. The van der Waals surface area contributed by atoms with E-state index in [0.29, 0.717) is 18.9 Å². The molecule has 0 spiro atoms. The first-order valence-corrected chi connectivity index (χ1v) is 10.1. The van der Waals surface area contributed by atoms with E-state index < -0.39 is 5.76 Å². The SMILES string of the molecule is Cc1cccc(CN2CCN(C(=O)Cn3c(-c4cccs4)noc3=O)CC2)c1. The Morgan fingerprint density at radius 3 is 2.71 bits per heavy atom. The number of carbonyl (C=O) groups excluding carboxylic acids is 1. The zero-order valence-corrected chi connectivity index (χ0v) is 16.5. The van der Waals surface area contributed by atoms with Crippen molar-refractivity contribution >= 4 is 17.2 Å². The van der Waals surface area contributed by atoms with Gasteiger partial charge in [0.25, 0.3) is 0 Å². The largest absolute Gasteiger partial charge is 0.442 e. The van der Waals surface area contributed by atoms with Crippen molar-refractivity contribution in [2.45, 2.75) is 20.0 Å². The molecule has 7 nitrogen and oxygen atoms in total. The zero-order valence-electron chi connectivity index (χ0n) is 15.7. The highest BCUT2D eigenvalue weighted by Crippen LogP contribution is 2.21. The molecule has 1 saturated heterocycles. The number of carbonyl (C=O) groups is 1. The van der Waals surface area contributed by atoms with E-state index in [-0.39, 0.29) is 12.5 Å². The molecule has 1 fully saturated rings. The average Bonchev–Trinajstić information content (AvgIpc) is 3.33. The van der Waals surface area contributed by atoms with Crippen LogP contribution in [0.5, 0.6) is 0 Å². The highest BCUT2D eigenvalue weighted by atomic mass is 32.1. The molecule has 1 aliphatic rings. The Morgan fingerprint density at radius 2 is 2.00 bits per heavy atom. The first kappa shape index (κ1) is 18.6. The first-order valence-electron chi connectivity index (χ1n) is 9.26. The minimum atomic E-state index is -0.602. The molecule has 0 saturated carbocycles. The summed E-state index contributed by atoms with van der Waals surface area (Å²) in [5, 5.41) is 5.73. The van der Waals surface area contributed by atoms with E-state index in [9.17, 15) is 9.59 Å². The molecule has 0 N–H and O–H groups in total. The number of rotatable bonds is 5. The number of hydrogen-bond acceptors (Lipinski definition) is 6. The van der Waals surface area contributed by atoms with E-state index >= 15 is 0 Å². The van der Waals surface area contributed by atoms with Crippen molar-refractivity contribution in [3.05, 3.63) is 63.5 Å². The summed E-state index contributed by atoms with van der Waals surface area (Å²) in [5.41, 5.74) is 2.54. The summed E-state index contributed by atoms with van der Waals surface area (Å²) in [5.74, 6) is -0.278. The number of piperazine rings is 1. The van der Waals surface area contributed by atoms with E-state index in [1.165, 1.54) is 27.0 Å². The van der Waals surface area contributed by atoms with Crippen LogP contribution < -0.4 is 5.76 Å². The predicted molar refractivity (Wildman–Crippen MR) is 107 cm³/mol. The van der Waals surface area contributed by atoms with E-state index in [2.05, 4.69) is 41.2 Å². The molecule has 0 bridgehead atoms. The van der Waals surface area contributed by atoms with Gasteiger partial charge in [-0.2, -0.15) is 0 Å². The second kappa shape index (κ2) is 8.12. The summed E-state index contributed by atoms with van der Waals surface area (Å²) >= 11 is 1.45. The maximum Gasteiger partial charge on any atom is 0.442 e. The van der Waals surface area contributed by atoms with Gasteiger partial charge in [0.1, 0.15) is 6.54 Å². The van der Waals surface area contributed by atoms with Crippen molar-refractivity contribution < 1.29 is 9.32 Å². The molecule has 0 radical (unpaired) electrons. The Hall–Kier alpha value is -2.71. The van der Waals surface area contributed by atoms with E-state index in [4.69, 9.17) is 4.52 Å². The second-order valence-corrected chi connectivity index (χ2v) is 7.93. The lowest BCUT2D eigenvalue weighted by atomic mass is 10.1. The molecular weight excluding hydrogens is 376 g/mol. The fraction of sp³-hybridized carbons (Fsp3) is 0.350. The summed E-state index contributed by atoms with van der Waals surface area (Å²) in [7, 11) is 0. The fourth-order valence-corrected chi connectivity index (χ4v) is 4.16. The first-order chi connectivity index (χ1) is 13.6. The number of aryl methyl sites for hydroxylation is 1. The Labute approximate surface area is 166 Å². The Kier molecular flexibility index (Phi) is 5.40. The van der Waals surface area contributed by atoms with Gasteiger partial charge in [-0.15, -0.1) is 11.3 Å². The third kappa shape index (κ3) is 4.07. The third-order valence-electron chi connectivity index (χ3n) is 4.93. The maximum absolute atomic E-state index is 12.7. The van der Waals surface area contributed by atoms with Gasteiger partial charge in [-0.3, -0.25) is 14.2 Å². The molecule has 8 heteroatoms. The predicted octanol–water partition coefficient (Wildman–Crippen LogP) is 2.22. The molecule has 28 heavy (non-hydrogen) atoms. The molecule has 2 aromatic heterocycles. The van der Waals surface area contributed by atoms with Crippen molar-refractivity contribution in [3.63, 3.8) is 0 Å². The van der Waals surface area contributed by atoms with Crippen LogP contribution in [0.4, 0.5) is 0 Å². The van der Waals surface area contributed by atoms with Crippen molar-refractivity contribution in [2.24, 2.45) is 0 Å². The smallest absolute Gasteiger partial charge is 0.339 e. The lowest BCUT2D eigenvalue weighted by molar-refractivity contribution is -0.133. The van der Waals surface area contributed by atoms with Gasteiger partial charge in [0.15, 0.2) is 5.82 Å². The molecule has 0 unspecified atom stereocenters. The molecule has 0 atom stereocenters. The van der Waals surface area contributed by atoms with E-state index in [1.54, 1.807) is 0 Å². The van der Waals surface area contributed by atoms with Crippen LogP contribution in [-0.2, 0) is 17.9 Å². The number of thiophene rings is 1. The minimum Gasteiger partial charge on any atom is -0.339 e. The van der Waals surface area contributed by atoms with Crippen LogP contribution in [-0.4, -0.2) is 51.6 Å². The molecule has 146 valence electrons. The van der Waals surface area contributed by atoms with Gasteiger partial charge in [0.05, 0.1) is 4.88 Å². The van der Waals surface area contributed by atoms with Gasteiger partial charge in [0.2, 0.25) is 5.91 Å². The van der Waals surface area contributed by atoms with Crippen LogP contribution in [0.3, 0.4) is 0 Å². The Bertz CT molecular complexity index is 1000. The van der Waals surface area contributed by atoms with E-state index in [0.717, 1.165) is 24.5 Å². The fourth-order valence-electron chi connectivity index (χ4n) is 3.45. The third-order valence-corrected chi connectivity index (χ3v) is 5.80. The number of benzene rings is 1. The summed E-state index contributed by atoms with van der Waals surface area (Å²) in [6.45, 7) is 5.87. The van der Waals surface area contributed by atoms with Gasteiger partial charge in [-0.25, -0.2) is 9.36 Å². The quantitative estimate of drug-likeness (QED) is 0.659. The average molecular weight is 398 g/mol. The van der Waals surface area contributed by atoms with Crippen molar-refractivity contribution in [1.29, 1.82) is 0 Å². The van der Waals surface area contributed by atoms with E-state index in [1.807, 2.05) is 22.4 Å². The summed E-state index contributed by atoms with van der Waals surface area (Å²) in [6, 6.07) is 12.2. The molecular formula is C20H22N4O3S. The molecule has 4 rings (SSSR count). The van der Waals surface area contributed by atoms with Gasteiger partial charge >= 0.3 is 5.76 Å². The molecule has 1 aromatic carbocycles. The molecule has 1 amide bonds. The number of amides is 1. The van der Waals surface area contributed by atoms with Crippen molar-refractivity contribution in [3.8, 4) is 10.7 Å². The molecule has 1 aliphatic heterocycles. The van der Waals surface area contributed by atoms with Gasteiger partial charge in [-0.1, -0.05) is 41.1 Å². The van der Waals surface area contributed by atoms with Gasteiger partial charge < -0.3 is 4.90 Å². The highest BCUT2D eigenvalue weighted by molar-refractivity contribution is 7.13. The number of aromatic nitrogens is 2. The van der Waals surface area contributed by atoms with Crippen molar-refractivity contribution in [1.82, 2.24) is 19.5 Å². The summed E-state index contributed by atoms with van der Waals surface area (Å²) < 4.78 is 6.10. The number of hydrogen-bond donors (Lipinski definition) is 0.